The van der Waals surface area contributed by atoms with Crippen LogP contribution in [0.2, 0.25) is 0 Å². The van der Waals surface area contributed by atoms with Gasteiger partial charge in [-0.3, -0.25) is 0 Å². The fraction of sp³-hybridized carbons (Fsp3) is 0.103. The fourth-order valence-corrected chi connectivity index (χ4v) is 10.3. The van der Waals surface area contributed by atoms with Crippen LogP contribution in [0, 0.1) is 0 Å². The van der Waals surface area contributed by atoms with E-state index in [9.17, 15) is 0 Å². The van der Waals surface area contributed by atoms with Crippen LogP contribution in [-0.2, 0) is 10.8 Å². The first-order valence-electron chi connectivity index (χ1n) is 20.8. The molecule has 0 aliphatic heterocycles. The molecule has 0 fully saturated rings. The van der Waals surface area contributed by atoms with Gasteiger partial charge in [-0.25, -0.2) is 0 Å². The average molecular weight is 756 g/mol. The molecule has 9 aromatic carbocycles. The molecular formula is C58H45N. The van der Waals surface area contributed by atoms with Crippen LogP contribution in [0.15, 0.2) is 200 Å². The largest absolute Gasteiger partial charge is 0.310 e. The Bertz CT molecular complexity index is 3090. The molecule has 1 heteroatoms. The van der Waals surface area contributed by atoms with Crippen molar-refractivity contribution >= 4 is 27.8 Å². The summed E-state index contributed by atoms with van der Waals surface area (Å²) in [5.74, 6) is 0. The smallest absolute Gasteiger partial charge is 0.0546 e. The lowest BCUT2D eigenvalue weighted by Gasteiger charge is -2.29. The SMILES string of the molecule is CC1(C)c2ccccc2-c2cc(-c3cccc(N(c4ccc(-c5cccc6c5-c5ccccc5C6(C)C)cc4)c4ccc5ccccc5c4-c4ccccc4)c3)ccc21. The average Bonchev–Trinajstić information content (AvgIpc) is 3.66. The lowest BCUT2D eigenvalue weighted by molar-refractivity contribution is 0.660. The van der Waals surface area contributed by atoms with Crippen molar-refractivity contribution in [1.29, 1.82) is 0 Å². The van der Waals surface area contributed by atoms with Gasteiger partial charge in [-0.15, -0.1) is 0 Å². The van der Waals surface area contributed by atoms with E-state index >= 15 is 0 Å². The van der Waals surface area contributed by atoms with Gasteiger partial charge in [-0.05, 0) is 119 Å². The molecule has 0 heterocycles. The van der Waals surface area contributed by atoms with Crippen molar-refractivity contribution in [1.82, 2.24) is 0 Å². The molecule has 11 rings (SSSR count). The van der Waals surface area contributed by atoms with Crippen LogP contribution in [0.25, 0.3) is 66.4 Å². The summed E-state index contributed by atoms with van der Waals surface area (Å²) in [7, 11) is 0. The molecule has 0 saturated heterocycles. The third-order valence-electron chi connectivity index (χ3n) is 13.3. The second kappa shape index (κ2) is 13.3. The van der Waals surface area contributed by atoms with Gasteiger partial charge in [0.1, 0.15) is 0 Å². The first kappa shape index (κ1) is 35.2. The summed E-state index contributed by atoms with van der Waals surface area (Å²) >= 11 is 0. The van der Waals surface area contributed by atoms with Crippen LogP contribution in [0.3, 0.4) is 0 Å². The van der Waals surface area contributed by atoms with Crippen molar-refractivity contribution in [3.8, 4) is 55.6 Å². The highest BCUT2D eigenvalue weighted by Gasteiger charge is 2.37. The molecule has 59 heavy (non-hydrogen) atoms. The van der Waals surface area contributed by atoms with Gasteiger partial charge in [0, 0.05) is 27.8 Å². The van der Waals surface area contributed by atoms with E-state index in [-0.39, 0.29) is 10.8 Å². The van der Waals surface area contributed by atoms with Gasteiger partial charge in [0.25, 0.3) is 0 Å². The molecule has 0 saturated carbocycles. The van der Waals surface area contributed by atoms with Gasteiger partial charge in [0.15, 0.2) is 0 Å². The maximum absolute atomic E-state index is 2.46. The van der Waals surface area contributed by atoms with Crippen molar-refractivity contribution in [3.63, 3.8) is 0 Å². The van der Waals surface area contributed by atoms with Gasteiger partial charge in [-0.1, -0.05) is 191 Å². The summed E-state index contributed by atoms with van der Waals surface area (Å²) in [5, 5.41) is 2.46. The van der Waals surface area contributed by atoms with E-state index in [1.54, 1.807) is 0 Å². The van der Waals surface area contributed by atoms with E-state index in [2.05, 4.69) is 233 Å². The van der Waals surface area contributed by atoms with Crippen LogP contribution >= 0.6 is 0 Å². The van der Waals surface area contributed by atoms with E-state index in [4.69, 9.17) is 0 Å². The lowest BCUT2D eigenvalue weighted by Crippen LogP contribution is -2.14. The molecule has 282 valence electrons. The summed E-state index contributed by atoms with van der Waals surface area (Å²) in [5.41, 5.74) is 21.5. The first-order chi connectivity index (χ1) is 28.8. The van der Waals surface area contributed by atoms with E-state index in [1.165, 1.54) is 88.7 Å². The van der Waals surface area contributed by atoms with Crippen molar-refractivity contribution in [2.75, 3.05) is 4.90 Å². The molecule has 0 atom stereocenters. The lowest BCUT2D eigenvalue weighted by atomic mass is 9.82. The molecule has 2 aliphatic rings. The van der Waals surface area contributed by atoms with Gasteiger partial charge in [0.05, 0.1) is 5.69 Å². The Morgan fingerprint density at radius 2 is 0.898 bits per heavy atom. The van der Waals surface area contributed by atoms with Gasteiger partial charge in [0.2, 0.25) is 0 Å². The van der Waals surface area contributed by atoms with E-state index < -0.39 is 0 Å². The van der Waals surface area contributed by atoms with Gasteiger partial charge in [-0.2, -0.15) is 0 Å². The number of hydrogen-bond acceptors (Lipinski definition) is 1. The zero-order valence-electron chi connectivity index (χ0n) is 34.0. The van der Waals surface area contributed by atoms with E-state index in [0.29, 0.717) is 0 Å². The van der Waals surface area contributed by atoms with Crippen LogP contribution in [0.1, 0.15) is 49.9 Å². The number of fused-ring (bicyclic) bond motifs is 7. The normalized spacial score (nSPS) is 14.0. The third kappa shape index (κ3) is 5.45. The van der Waals surface area contributed by atoms with Gasteiger partial charge >= 0.3 is 0 Å². The molecule has 0 spiro atoms. The van der Waals surface area contributed by atoms with E-state index in [0.717, 1.165) is 17.1 Å². The van der Waals surface area contributed by atoms with Crippen molar-refractivity contribution in [2.45, 2.75) is 38.5 Å². The number of nitrogens with zero attached hydrogens (tertiary/aromatic N) is 1. The molecule has 0 N–H and O–H groups in total. The molecule has 2 aliphatic carbocycles. The Morgan fingerprint density at radius 1 is 0.322 bits per heavy atom. The zero-order chi connectivity index (χ0) is 39.9. The molecule has 1 nitrogen and oxygen atoms in total. The minimum Gasteiger partial charge on any atom is -0.310 e. The number of benzene rings is 9. The number of hydrogen-bond donors (Lipinski definition) is 0. The van der Waals surface area contributed by atoms with Crippen molar-refractivity contribution in [2.24, 2.45) is 0 Å². The minimum atomic E-state index is -0.0496. The minimum absolute atomic E-state index is 0.0292. The third-order valence-corrected chi connectivity index (χ3v) is 13.3. The topological polar surface area (TPSA) is 3.24 Å². The second-order valence-corrected chi connectivity index (χ2v) is 17.3. The maximum atomic E-state index is 2.46. The zero-order valence-corrected chi connectivity index (χ0v) is 34.0. The molecule has 0 aromatic heterocycles. The van der Waals surface area contributed by atoms with Crippen molar-refractivity contribution < 1.29 is 0 Å². The van der Waals surface area contributed by atoms with Gasteiger partial charge < -0.3 is 4.90 Å². The first-order valence-corrected chi connectivity index (χ1v) is 20.8. The van der Waals surface area contributed by atoms with Crippen LogP contribution < -0.4 is 4.90 Å². The Morgan fingerprint density at radius 3 is 1.71 bits per heavy atom. The summed E-state index contributed by atoms with van der Waals surface area (Å²) in [4.78, 5) is 2.46. The maximum Gasteiger partial charge on any atom is 0.0546 e. The molecule has 0 radical (unpaired) electrons. The molecule has 0 unspecified atom stereocenters. The standard InChI is InChI=1S/C58H45N/c1-57(2)50-25-12-10-22-47(50)49-37-42(30-34-52(49)57)41-19-14-20-44(36-41)59(54-35-31-38-16-8-9-21-45(38)55(54)40-17-6-5-7-18-40)43-32-28-39(29-33-43)46-24-15-27-53-56(46)48-23-11-13-26-51(48)58(53,3)4/h5-37H,1-4H3. The van der Waals surface area contributed by atoms with Crippen LogP contribution in [0.5, 0.6) is 0 Å². The summed E-state index contributed by atoms with van der Waals surface area (Å²) in [6, 6.07) is 74.3. The highest BCUT2D eigenvalue weighted by molar-refractivity contribution is 6.05. The van der Waals surface area contributed by atoms with Crippen LogP contribution in [0.4, 0.5) is 17.1 Å². The number of anilines is 3. The predicted molar refractivity (Wildman–Crippen MR) is 250 cm³/mol. The second-order valence-electron chi connectivity index (χ2n) is 17.3. The Balaban J connectivity index is 1.09. The highest BCUT2D eigenvalue weighted by atomic mass is 15.1. The molecular weight excluding hydrogens is 711 g/mol. The molecule has 0 amide bonds. The summed E-state index contributed by atoms with van der Waals surface area (Å²) in [6.45, 7) is 9.40. The Kier molecular flexibility index (Phi) is 7.94. The Labute approximate surface area is 347 Å². The summed E-state index contributed by atoms with van der Waals surface area (Å²) in [6.07, 6.45) is 0. The highest BCUT2D eigenvalue weighted by Crippen LogP contribution is 2.53. The monoisotopic (exact) mass is 755 g/mol. The van der Waals surface area contributed by atoms with Crippen LogP contribution in [-0.4, -0.2) is 0 Å². The number of rotatable bonds is 6. The molecule has 0 bridgehead atoms. The Hall–Kier alpha value is -6.96. The summed E-state index contributed by atoms with van der Waals surface area (Å²) < 4.78 is 0. The quantitative estimate of drug-likeness (QED) is 0.163. The predicted octanol–water partition coefficient (Wildman–Crippen LogP) is 15.9. The van der Waals surface area contributed by atoms with Crippen molar-refractivity contribution in [3.05, 3.63) is 222 Å². The fourth-order valence-electron chi connectivity index (χ4n) is 10.3. The molecule has 9 aromatic rings. The van der Waals surface area contributed by atoms with E-state index in [1.807, 2.05) is 0 Å².